The van der Waals surface area contributed by atoms with Crippen molar-refractivity contribution in [2.75, 3.05) is 4.90 Å². The molecule has 0 unspecified atom stereocenters. The van der Waals surface area contributed by atoms with E-state index in [1.54, 1.807) is 11.3 Å². The van der Waals surface area contributed by atoms with Crippen molar-refractivity contribution in [1.29, 1.82) is 0 Å². The second-order valence-corrected chi connectivity index (χ2v) is 13.3. The molecule has 0 radical (unpaired) electrons. The van der Waals surface area contributed by atoms with E-state index in [2.05, 4.69) is 114 Å². The Morgan fingerprint density at radius 2 is 1.16 bits per heavy atom. The Labute approximate surface area is 293 Å². The molecular formula is C46H29NOS. The van der Waals surface area contributed by atoms with Gasteiger partial charge in [-0.15, -0.1) is 11.3 Å². The summed E-state index contributed by atoms with van der Waals surface area (Å²) in [6.07, 6.45) is 0. The van der Waals surface area contributed by atoms with E-state index in [0.717, 1.165) is 49.7 Å². The number of fused-ring (bicyclic) bond motifs is 8. The Hall–Kier alpha value is -6.16. The third kappa shape index (κ3) is 4.55. The molecule has 3 heteroatoms. The average Bonchev–Trinajstić information content (AvgIpc) is 3.76. The Balaban J connectivity index is 1.23. The first-order chi connectivity index (χ1) is 25.9. The predicted molar refractivity (Wildman–Crippen MR) is 210 cm³/mol. The molecule has 0 fully saturated rings. The summed E-state index contributed by atoms with van der Waals surface area (Å²) >= 11 is 1.79. The van der Waals surface area contributed by atoms with Gasteiger partial charge in [-0.1, -0.05) is 133 Å². The number of thiophene rings is 1. The highest BCUT2D eigenvalue weighted by atomic mass is 32.1. The van der Waals surface area contributed by atoms with Crippen molar-refractivity contribution in [2.45, 2.75) is 0 Å². The normalized spacial score (nSPS) is 12.8. The van der Waals surface area contributed by atoms with Gasteiger partial charge >= 0.3 is 0 Å². The zero-order chi connectivity index (χ0) is 35.8. The molecule has 230 valence electrons. The van der Waals surface area contributed by atoms with Gasteiger partial charge in [-0.05, 0) is 75.5 Å². The zero-order valence-corrected chi connectivity index (χ0v) is 27.0. The number of anilines is 3. The minimum absolute atomic E-state index is 0.0749. The molecule has 10 rings (SSSR count). The van der Waals surface area contributed by atoms with Crippen LogP contribution in [0.25, 0.3) is 75.1 Å². The van der Waals surface area contributed by atoms with Crippen LogP contribution in [0.3, 0.4) is 0 Å². The van der Waals surface area contributed by atoms with Crippen LogP contribution in [0.1, 0.15) is 5.48 Å². The number of para-hydroxylation sites is 1. The predicted octanol–water partition coefficient (Wildman–Crippen LogP) is 13.9. The number of rotatable bonds is 5. The summed E-state index contributed by atoms with van der Waals surface area (Å²) in [5.74, 6) is 0. The number of hydrogen-bond donors (Lipinski definition) is 0. The maximum absolute atomic E-state index is 8.78. The third-order valence-electron chi connectivity index (χ3n) is 9.39. The molecule has 0 saturated carbocycles. The van der Waals surface area contributed by atoms with E-state index in [9.17, 15) is 0 Å². The van der Waals surface area contributed by atoms with Crippen LogP contribution in [-0.2, 0) is 0 Å². The zero-order valence-electron chi connectivity index (χ0n) is 30.2. The number of hydrogen-bond acceptors (Lipinski definition) is 3. The van der Waals surface area contributed by atoms with E-state index in [0.29, 0.717) is 16.7 Å². The standard InChI is InChI=1S/C46H29NOS/c1-3-12-30(13-4-1)31-22-24-33(25-23-31)47(34-26-27-37-36-17-9-10-21-43(36)49-44(37)28-34)41-20-11-19-39-45-38-18-8-7-16-35(38)40(29-42(45)48-46(39)41)32-14-5-2-6-15-32/h1-29H/i5D,6D,14D,15D. The SMILES string of the molecule is [2H]c1cc([2H])c([2H])c(-c2cc3oc4c(N(c5ccc(-c6ccccc6)cc5)c5ccc6c(c5)sc5ccccc56)cccc4c3c3ccccc23)c1[2H]. The molecular weight excluding hydrogens is 615 g/mol. The molecule has 0 atom stereocenters. The van der Waals surface area contributed by atoms with Gasteiger partial charge in [0.25, 0.3) is 0 Å². The van der Waals surface area contributed by atoms with Gasteiger partial charge in [-0.3, -0.25) is 0 Å². The Kier molecular flexibility index (Phi) is 5.51. The highest BCUT2D eigenvalue weighted by Gasteiger charge is 2.22. The fourth-order valence-electron chi connectivity index (χ4n) is 7.16. The fourth-order valence-corrected chi connectivity index (χ4v) is 8.30. The van der Waals surface area contributed by atoms with Crippen molar-refractivity contribution in [2.24, 2.45) is 0 Å². The summed E-state index contributed by atoms with van der Waals surface area (Å²) in [5.41, 5.74) is 7.33. The van der Waals surface area contributed by atoms with Gasteiger partial charge in [0.1, 0.15) is 5.58 Å². The summed E-state index contributed by atoms with van der Waals surface area (Å²) in [6.45, 7) is 0. The van der Waals surface area contributed by atoms with Gasteiger partial charge < -0.3 is 9.32 Å². The molecule has 2 nitrogen and oxygen atoms in total. The minimum Gasteiger partial charge on any atom is -0.454 e. The van der Waals surface area contributed by atoms with Crippen LogP contribution in [0.4, 0.5) is 17.1 Å². The van der Waals surface area contributed by atoms with E-state index in [4.69, 9.17) is 9.90 Å². The topological polar surface area (TPSA) is 16.4 Å². The minimum atomic E-state index is -0.0819. The van der Waals surface area contributed by atoms with Crippen LogP contribution < -0.4 is 4.90 Å². The molecule has 0 aliphatic rings. The van der Waals surface area contributed by atoms with Crippen molar-refractivity contribution < 1.29 is 9.90 Å². The van der Waals surface area contributed by atoms with Crippen molar-refractivity contribution in [1.82, 2.24) is 0 Å². The Morgan fingerprint density at radius 1 is 0.490 bits per heavy atom. The van der Waals surface area contributed by atoms with E-state index in [-0.39, 0.29) is 29.7 Å². The van der Waals surface area contributed by atoms with Crippen LogP contribution in [0.15, 0.2) is 180 Å². The van der Waals surface area contributed by atoms with Crippen LogP contribution in [0, 0.1) is 0 Å². The maximum Gasteiger partial charge on any atom is 0.159 e. The lowest BCUT2D eigenvalue weighted by Crippen LogP contribution is -2.10. The second kappa shape index (κ2) is 11.2. The van der Waals surface area contributed by atoms with E-state index in [1.165, 1.54) is 26.2 Å². The van der Waals surface area contributed by atoms with Crippen LogP contribution in [0.2, 0.25) is 0 Å². The molecule has 0 amide bonds. The third-order valence-corrected chi connectivity index (χ3v) is 10.5. The second-order valence-electron chi connectivity index (χ2n) is 12.2. The summed E-state index contributed by atoms with van der Waals surface area (Å²) in [7, 11) is 0. The molecule has 2 heterocycles. The molecule has 10 aromatic rings. The molecule has 2 aromatic heterocycles. The van der Waals surface area contributed by atoms with Gasteiger partial charge in [0.15, 0.2) is 5.58 Å². The van der Waals surface area contributed by atoms with Gasteiger partial charge in [-0.25, -0.2) is 0 Å². The maximum atomic E-state index is 8.78. The Bertz CT molecular complexity index is 3030. The first-order valence-electron chi connectivity index (χ1n) is 18.3. The molecule has 0 aliphatic heterocycles. The lowest BCUT2D eigenvalue weighted by Gasteiger charge is -2.26. The van der Waals surface area contributed by atoms with Crippen molar-refractivity contribution in [3.63, 3.8) is 0 Å². The number of furan rings is 1. The smallest absolute Gasteiger partial charge is 0.159 e. The van der Waals surface area contributed by atoms with Gasteiger partial charge in [0.2, 0.25) is 0 Å². The van der Waals surface area contributed by atoms with E-state index >= 15 is 0 Å². The fraction of sp³-hybridized carbons (Fsp3) is 0. The van der Waals surface area contributed by atoms with Gasteiger partial charge in [0.05, 0.1) is 11.2 Å². The first-order valence-corrected chi connectivity index (χ1v) is 17.1. The molecule has 49 heavy (non-hydrogen) atoms. The molecule has 0 bridgehead atoms. The van der Waals surface area contributed by atoms with Crippen LogP contribution in [-0.4, -0.2) is 0 Å². The molecule has 0 spiro atoms. The van der Waals surface area contributed by atoms with Crippen molar-refractivity contribution in [3.8, 4) is 22.3 Å². The van der Waals surface area contributed by atoms with Crippen molar-refractivity contribution in [3.05, 3.63) is 176 Å². The molecule has 0 N–H and O–H groups in total. The monoisotopic (exact) mass is 647 g/mol. The lowest BCUT2D eigenvalue weighted by atomic mass is 9.95. The highest BCUT2D eigenvalue weighted by Crippen LogP contribution is 2.47. The summed E-state index contributed by atoms with van der Waals surface area (Å²) in [6, 6.07) is 51.2. The largest absolute Gasteiger partial charge is 0.454 e. The average molecular weight is 648 g/mol. The Morgan fingerprint density at radius 3 is 2.00 bits per heavy atom. The van der Waals surface area contributed by atoms with E-state index < -0.39 is 0 Å². The van der Waals surface area contributed by atoms with Gasteiger partial charge in [-0.2, -0.15) is 0 Å². The highest BCUT2D eigenvalue weighted by molar-refractivity contribution is 7.25. The summed E-state index contributed by atoms with van der Waals surface area (Å²) in [5, 5.41) is 6.11. The molecule has 8 aromatic carbocycles. The summed E-state index contributed by atoms with van der Waals surface area (Å²) < 4.78 is 43.6. The lowest BCUT2D eigenvalue weighted by molar-refractivity contribution is 0.669. The van der Waals surface area contributed by atoms with Gasteiger partial charge in [0, 0.05) is 42.3 Å². The summed E-state index contributed by atoms with van der Waals surface area (Å²) in [4.78, 5) is 2.26. The number of benzene rings is 8. The molecule has 0 aliphatic carbocycles. The van der Waals surface area contributed by atoms with E-state index in [1.807, 2.05) is 36.4 Å². The van der Waals surface area contributed by atoms with Crippen molar-refractivity contribution >= 4 is 81.3 Å². The number of nitrogens with zero attached hydrogens (tertiary/aromatic N) is 1. The van der Waals surface area contributed by atoms with Crippen LogP contribution in [0.5, 0.6) is 0 Å². The first kappa shape index (κ1) is 24.1. The quantitative estimate of drug-likeness (QED) is 0.185. The molecule has 0 saturated heterocycles. The van der Waals surface area contributed by atoms with Crippen LogP contribution >= 0.6 is 11.3 Å².